The maximum absolute atomic E-state index is 10.9. The summed E-state index contributed by atoms with van der Waals surface area (Å²) in [5, 5.41) is 19.2. The molecule has 3 rings (SSSR count). The van der Waals surface area contributed by atoms with Crippen molar-refractivity contribution in [3.8, 4) is 5.88 Å². The first kappa shape index (κ1) is 15.9. The maximum atomic E-state index is 10.9. The minimum Gasteiger partial charge on any atom is -0.481 e. The van der Waals surface area contributed by atoms with E-state index in [-0.39, 0.29) is 6.04 Å². The molecule has 0 bridgehead atoms. The summed E-state index contributed by atoms with van der Waals surface area (Å²) >= 11 is 0. The van der Waals surface area contributed by atoms with Crippen LogP contribution in [0.3, 0.4) is 0 Å². The Balaban J connectivity index is 1.69. The summed E-state index contributed by atoms with van der Waals surface area (Å²) in [5.41, 5.74) is 0.637. The van der Waals surface area contributed by atoms with Crippen LogP contribution >= 0.6 is 0 Å². The molecule has 0 saturated carbocycles. The van der Waals surface area contributed by atoms with Gasteiger partial charge in [0.15, 0.2) is 0 Å². The molecular weight excluding hydrogens is 294 g/mol. The Morgan fingerprint density at radius 3 is 2.91 bits per heavy atom. The molecule has 0 aliphatic carbocycles. The summed E-state index contributed by atoms with van der Waals surface area (Å²) < 4.78 is 6.93. The van der Waals surface area contributed by atoms with E-state index in [4.69, 9.17) is 4.74 Å². The van der Waals surface area contributed by atoms with Gasteiger partial charge in [-0.15, -0.1) is 5.10 Å². The number of aliphatic hydroxyl groups is 1. The summed E-state index contributed by atoms with van der Waals surface area (Å²) in [6.07, 6.45) is 2.49. The zero-order chi connectivity index (χ0) is 16.4. The molecule has 23 heavy (non-hydrogen) atoms. The van der Waals surface area contributed by atoms with Crippen LogP contribution in [0.5, 0.6) is 5.88 Å². The monoisotopic (exact) mass is 317 g/mol. The molecule has 1 aliphatic heterocycles. The van der Waals surface area contributed by atoms with Gasteiger partial charge < -0.3 is 9.84 Å². The van der Waals surface area contributed by atoms with Gasteiger partial charge in [-0.05, 0) is 26.3 Å². The number of hydrogen-bond acceptors (Lipinski definition) is 6. The van der Waals surface area contributed by atoms with Crippen molar-refractivity contribution in [2.24, 2.45) is 0 Å². The Hall–Kier alpha value is -1.99. The molecule has 1 saturated heterocycles. The molecule has 1 unspecified atom stereocenters. The van der Waals surface area contributed by atoms with Crippen molar-refractivity contribution in [3.63, 3.8) is 0 Å². The van der Waals surface area contributed by atoms with E-state index in [9.17, 15) is 5.11 Å². The van der Waals surface area contributed by atoms with E-state index < -0.39 is 5.60 Å². The molecule has 124 valence electrons. The van der Waals surface area contributed by atoms with Gasteiger partial charge in [-0.1, -0.05) is 11.3 Å². The standard InChI is InChI=1S/C16H23N5O2/c1-12(2)21-10-14(18-19-21)16(22)7-8-20(11-16)9-13-5-4-6-15(17-13)23-3/h4-6,10,12,22H,7-9,11H2,1-3H3. The molecule has 0 amide bonds. The van der Waals surface area contributed by atoms with Crippen LogP contribution in [0.4, 0.5) is 0 Å². The topological polar surface area (TPSA) is 76.3 Å². The highest BCUT2D eigenvalue weighted by Crippen LogP contribution is 2.31. The van der Waals surface area contributed by atoms with Gasteiger partial charge in [-0.25, -0.2) is 9.67 Å². The molecule has 0 radical (unpaired) electrons. The first-order chi connectivity index (χ1) is 11.0. The number of methoxy groups -OCH3 is 1. The first-order valence-corrected chi connectivity index (χ1v) is 7.87. The van der Waals surface area contributed by atoms with E-state index in [2.05, 4.69) is 20.2 Å². The summed E-state index contributed by atoms with van der Waals surface area (Å²) in [5.74, 6) is 0.608. The number of rotatable bonds is 5. The normalized spacial score (nSPS) is 22.0. The summed E-state index contributed by atoms with van der Waals surface area (Å²) in [7, 11) is 1.61. The third-order valence-electron chi connectivity index (χ3n) is 4.22. The summed E-state index contributed by atoms with van der Waals surface area (Å²) in [6, 6.07) is 5.96. The van der Waals surface area contributed by atoms with Crippen LogP contribution in [0, 0.1) is 0 Å². The van der Waals surface area contributed by atoms with Crippen LogP contribution in [0.2, 0.25) is 0 Å². The zero-order valence-electron chi connectivity index (χ0n) is 13.8. The minimum atomic E-state index is -0.938. The molecule has 1 N–H and O–H groups in total. The second-order valence-electron chi connectivity index (χ2n) is 6.34. The van der Waals surface area contributed by atoms with Gasteiger partial charge in [0.2, 0.25) is 5.88 Å². The van der Waals surface area contributed by atoms with Gasteiger partial charge in [-0.3, -0.25) is 4.90 Å². The Morgan fingerprint density at radius 2 is 2.22 bits per heavy atom. The van der Waals surface area contributed by atoms with Crippen LogP contribution in [-0.4, -0.2) is 50.2 Å². The van der Waals surface area contributed by atoms with E-state index in [1.165, 1.54) is 0 Å². The van der Waals surface area contributed by atoms with Crippen molar-refractivity contribution in [3.05, 3.63) is 35.8 Å². The average molecular weight is 317 g/mol. The lowest BCUT2D eigenvalue weighted by Gasteiger charge is -2.21. The Bertz CT molecular complexity index is 672. The van der Waals surface area contributed by atoms with Crippen molar-refractivity contribution in [1.82, 2.24) is 24.9 Å². The SMILES string of the molecule is COc1cccc(CN2CCC(O)(c3cn(C(C)C)nn3)C2)n1. The molecule has 0 aromatic carbocycles. The van der Waals surface area contributed by atoms with Crippen LogP contribution in [-0.2, 0) is 12.1 Å². The Labute approximate surface area is 135 Å². The largest absolute Gasteiger partial charge is 0.481 e. The fraction of sp³-hybridized carbons (Fsp3) is 0.562. The number of nitrogens with zero attached hydrogens (tertiary/aromatic N) is 5. The van der Waals surface area contributed by atoms with E-state index in [0.717, 1.165) is 12.2 Å². The van der Waals surface area contributed by atoms with Crippen LogP contribution in [0.25, 0.3) is 0 Å². The molecule has 3 heterocycles. The first-order valence-electron chi connectivity index (χ1n) is 7.87. The molecular formula is C16H23N5O2. The maximum Gasteiger partial charge on any atom is 0.213 e. The minimum absolute atomic E-state index is 0.235. The zero-order valence-corrected chi connectivity index (χ0v) is 13.8. The molecule has 7 heteroatoms. The third kappa shape index (κ3) is 3.35. The van der Waals surface area contributed by atoms with Crippen molar-refractivity contribution in [2.75, 3.05) is 20.2 Å². The number of pyridine rings is 1. The highest BCUT2D eigenvalue weighted by molar-refractivity contribution is 5.17. The molecule has 7 nitrogen and oxygen atoms in total. The average Bonchev–Trinajstić information content (AvgIpc) is 3.16. The van der Waals surface area contributed by atoms with Crippen LogP contribution in [0.1, 0.15) is 37.7 Å². The van der Waals surface area contributed by atoms with Crippen molar-refractivity contribution >= 4 is 0 Å². The number of ether oxygens (including phenoxy) is 1. The third-order valence-corrected chi connectivity index (χ3v) is 4.22. The van der Waals surface area contributed by atoms with Gasteiger partial charge in [0.1, 0.15) is 11.3 Å². The van der Waals surface area contributed by atoms with Crippen molar-refractivity contribution < 1.29 is 9.84 Å². The van der Waals surface area contributed by atoms with Gasteiger partial charge in [-0.2, -0.15) is 0 Å². The van der Waals surface area contributed by atoms with E-state index >= 15 is 0 Å². The predicted molar refractivity (Wildman–Crippen MR) is 85.0 cm³/mol. The number of likely N-dealkylation sites (tertiary alicyclic amines) is 1. The molecule has 2 aromatic heterocycles. The highest BCUT2D eigenvalue weighted by Gasteiger charge is 2.40. The molecule has 0 spiro atoms. The van der Waals surface area contributed by atoms with Crippen molar-refractivity contribution in [1.29, 1.82) is 0 Å². The second-order valence-corrected chi connectivity index (χ2v) is 6.34. The molecule has 1 atom stereocenters. The lowest BCUT2D eigenvalue weighted by atomic mass is 10.00. The van der Waals surface area contributed by atoms with Gasteiger partial charge in [0.05, 0.1) is 19.0 Å². The smallest absolute Gasteiger partial charge is 0.213 e. The van der Waals surface area contributed by atoms with Gasteiger partial charge in [0.25, 0.3) is 0 Å². The number of hydrogen-bond donors (Lipinski definition) is 1. The molecule has 1 fully saturated rings. The quantitative estimate of drug-likeness (QED) is 0.897. The summed E-state index contributed by atoms with van der Waals surface area (Å²) in [6.45, 7) is 6.08. The summed E-state index contributed by atoms with van der Waals surface area (Å²) in [4.78, 5) is 6.60. The highest BCUT2D eigenvalue weighted by atomic mass is 16.5. The second kappa shape index (κ2) is 6.25. The van der Waals surface area contributed by atoms with Gasteiger partial charge >= 0.3 is 0 Å². The fourth-order valence-corrected chi connectivity index (χ4v) is 2.85. The Morgan fingerprint density at radius 1 is 1.39 bits per heavy atom. The number of aromatic nitrogens is 4. The van der Waals surface area contributed by atoms with Crippen molar-refractivity contribution in [2.45, 2.75) is 38.5 Å². The van der Waals surface area contributed by atoms with Crippen LogP contribution < -0.4 is 4.74 Å². The molecule has 1 aliphatic rings. The van der Waals surface area contributed by atoms with E-state index in [0.29, 0.717) is 31.1 Å². The number of β-amino-alcohol motifs (C(OH)–C–C–N with tert-alkyl or cyclic N) is 1. The van der Waals surface area contributed by atoms with E-state index in [1.54, 1.807) is 11.8 Å². The van der Waals surface area contributed by atoms with E-state index in [1.807, 2.05) is 38.2 Å². The fourth-order valence-electron chi connectivity index (χ4n) is 2.85. The molecule has 2 aromatic rings. The lowest BCUT2D eigenvalue weighted by molar-refractivity contribution is 0.0407. The van der Waals surface area contributed by atoms with Gasteiger partial charge in [0, 0.05) is 31.7 Å². The predicted octanol–water partition coefficient (Wildman–Crippen LogP) is 1.36. The lowest BCUT2D eigenvalue weighted by Crippen LogP contribution is -2.31. The van der Waals surface area contributed by atoms with Crippen LogP contribution in [0.15, 0.2) is 24.4 Å². The Kier molecular flexibility index (Phi) is 4.32.